The van der Waals surface area contributed by atoms with Gasteiger partial charge in [-0.1, -0.05) is 33.1 Å². The van der Waals surface area contributed by atoms with Crippen molar-refractivity contribution in [1.82, 2.24) is 9.88 Å². The number of amides is 1. The summed E-state index contributed by atoms with van der Waals surface area (Å²) in [5, 5.41) is 8.06. The van der Waals surface area contributed by atoms with Gasteiger partial charge in [0.05, 0.1) is 0 Å². The highest BCUT2D eigenvalue weighted by Crippen LogP contribution is 2.13. The number of nitrogens with two attached hydrogens (primary N) is 1. The van der Waals surface area contributed by atoms with Gasteiger partial charge >= 0.3 is 0 Å². The maximum absolute atomic E-state index is 12.3. The third-order valence-corrected chi connectivity index (χ3v) is 4.30. The van der Waals surface area contributed by atoms with E-state index in [4.69, 9.17) is 5.14 Å². The summed E-state index contributed by atoms with van der Waals surface area (Å²) < 4.78 is 24.1. The Morgan fingerprint density at radius 2 is 2.00 bits per heavy atom. The molecule has 1 amide bonds. The van der Waals surface area contributed by atoms with Crippen LogP contribution in [0.15, 0.2) is 17.2 Å². The average Bonchev–Trinajstić information content (AvgIpc) is 2.78. The second kappa shape index (κ2) is 7.61. The first-order valence-corrected chi connectivity index (χ1v) is 8.84. The molecule has 0 spiro atoms. The molecule has 0 aliphatic heterocycles. The van der Waals surface area contributed by atoms with Crippen LogP contribution in [0.4, 0.5) is 0 Å². The van der Waals surface area contributed by atoms with Gasteiger partial charge < -0.3 is 9.88 Å². The predicted octanol–water partition coefficient (Wildman–Crippen LogP) is 1.76. The van der Waals surface area contributed by atoms with Crippen molar-refractivity contribution >= 4 is 15.9 Å². The highest BCUT2D eigenvalue weighted by Gasteiger charge is 2.19. The van der Waals surface area contributed by atoms with Crippen LogP contribution in [-0.2, 0) is 17.1 Å². The Kier molecular flexibility index (Phi) is 6.42. The predicted molar refractivity (Wildman–Crippen MR) is 82.5 cm³/mol. The normalized spacial score (nSPS) is 13.1. The van der Waals surface area contributed by atoms with Crippen LogP contribution < -0.4 is 10.5 Å². The number of sulfonamides is 1. The summed E-state index contributed by atoms with van der Waals surface area (Å²) in [5.74, 6) is -0.262. The van der Waals surface area contributed by atoms with E-state index in [-0.39, 0.29) is 16.8 Å². The highest BCUT2D eigenvalue weighted by atomic mass is 32.2. The number of nitrogens with one attached hydrogen (secondary N) is 1. The molecule has 7 heteroatoms. The van der Waals surface area contributed by atoms with Crippen molar-refractivity contribution in [3.05, 3.63) is 18.0 Å². The summed E-state index contributed by atoms with van der Waals surface area (Å²) in [7, 11) is -2.16. The third kappa shape index (κ3) is 5.17. The second-order valence-corrected chi connectivity index (χ2v) is 6.88. The van der Waals surface area contributed by atoms with Crippen LogP contribution in [0.25, 0.3) is 0 Å². The van der Waals surface area contributed by atoms with Crippen LogP contribution in [0, 0.1) is 0 Å². The zero-order chi connectivity index (χ0) is 16.0. The molecule has 0 bridgehead atoms. The molecule has 0 aromatic carbocycles. The Balaban J connectivity index is 2.85. The van der Waals surface area contributed by atoms with Crippen LogP contribution >= 0.6 is 0 Å². The molecule has 0 saturated carbocycles. The SMILES string of the molecule is CCCCC(CCC)NC(=O)c1cc(S(N)(=O)=O)cn1C. The van der Waals surface area contributed by atoms with Crippen molar-refractivity contribution in [2.45, 2.75) is 56.9 Å². The lowest BCUT2D eigenvalue weighted by Crippen LogP contribution is -2.35. The molecule has 0 aliphatic rings. The van der Waals surface area contributed by atoms with Gasteiger partial charge in [-0.25, -0.2) is 13.6 Å². The van der Waals surface area contributed by atoms with Gasteiger partial charge in [0.15, 0.2) is 0 Å². The lowest BCUT2D eigenvalue weighted by molar-refractivity contribution is 0.0924. The molecule has 6 nitrogen and oxygen atoms in total. The number of carbonyl (C=O) groups excluding carboxylic acids is 1. The van der Waals surface area contributed by atoms with Crippen molar-refractivity contribution < 1.29 is 13.2 Å². The van der Waals surface area contributed by atoms with Crippen LogP contribution in [0.5, 0.6) is 0 Å². The Labute approximate surface area is 126 Å². The van der Waals surface area contributed by atoms with E-state index in [0.717, 1.165) is 32.1 Å². The van der Waals surface area contributed by atoms with E-state index < -0.39 is 10.0 Å². The topological polar surface area (TPSA) is 94.2 Å². The van der Waals surface area contributed by atoms with Crippen molar-refractivity contribution in [1.29, 1.82) is 0 Å². The quantitative estimate of drug-likeness (QED) is 0.765. The first kappa shape index (κ1) is 17.7. The number of hydrogen-bond acceptors (Lipinski definition) is 3. The van der Waals surface area contributed by atoms with Crippen LogP contribution in [0.3, 0.4) is 0 Å². The standard InChI is InChI=1S/C14H25N3O3S/c1-4-6-8-11(7-5-2)16-14(18)13-9-12(10-17(13)3)21(15,19)20/h9-11H,4-8H2,1-3H3,(H,16,18)(H2,15,19,20). The van der Waals surface area contributed by atoms with Gasteiger partial charge in [-0.3, -0.25) is 4.79 Å². The maximum atomic E-state index is 12.3. The number of carbonyl (C=O) groups is 1. The second-order valence-electron chi connectivity index (χ2n) is 5.32. The van der Waals surface area contributed by atoms with E-state index >= 15 is 0 Å². The molecular weight excluding hydrogens is 290 g/mol. The zero-order valence-electron chi connectivity index (χ0n) is 12.9. The molecule has 0 radical (unpaired) electrons. The molecule has 1 aromatic heterocycles. The minimum atomic E-state index is -3.79. The number of aromatic nitrogens is 1. The fourth-order valence-electron chi connectivity index (χ4n) is 2.26. The Morgan fingerprint density at radius 1 is 1.33 bits per heavy atom. The fourth-order valence-corrected chi connectivity index (χ4v) is 2.84. The lowest BCUT2D eigenvalue weighted by atomic mass is 10.1. The summed E-state index contributed by atoms with van der Waals surface area (Å²) in [5.41, 5.74) is 0.302. The largest absolute Gasteiger partial charge is 0.348 e. The number of rotatable bonds is 8. The first-order valence-electron chi connectivity index (χ1n) is 7.29. The summed E-state index contributed by atoms with van der Waals surface area (Å²) in [6.45, 7) is 4.19. The van der Waals surface area contributed by atoms with Crippen molar-refractivity contribution in [2.24, 2.45) is 12.2 Å². The van der Waals surface area contributed by atoms with Crippen LogP contribution in [-0.4, -0.2) is 24.9 Å². The Bertz CT molecular complexity index is 578. The summed E-state index contributed by atoms with van der Waals surface area (Å²) in [6, 6.07) is 1.43. The molecule has 0 saturated heterocycles. The smallest absolute Gasteiger partial charge is 0.268 e. The summed E-state index contributed by atoms with van der Waals surface area (Å²) >= 11 is 0. The van der Waals surface area contributed by atoms with E-state index in [1.807, 2.05) is 0 Å². The van der Waals surface area contributed by atoms with E-state index in [0.29, 0.717) is 5.69 Å². The fraction of sp³-hybridized carbons (Fsp3) is 0.643. The molecule has 21 heavy (non-hydrogen) atoms. The number of nitrogens with zero attached hydrogens (tertiary/aromatic N) is 1. The molecule has 0 aliphatic carbocycles. The van der Waals surface area contributed by atoms with Crippen molar-refractivity contribution in [2.75, 3.05) is 0 Å². The van der Waals surface area contributed by atoms with Crippen molar-refractivity contribution in [3.63, 3.8) is 0 Å². The Hall–Kier alpha value is -1.34. The maximum Gasteiger partial charge on any atom is 0.268 e. The number of hydrogen-bond donors (Lipinski definition) is 2. The van der Waals surface area contributed by atoms with Gasteiger partial charge in [-0.15, -0.1) is 0 Å². The molecule has 1 rings (SSSR count). The molecule has 3 N–H and O–H groups in total. The summed E-state index contributed by atoms with van der Waals surface area (Å²) in [6.07, 6.45) is 6.33. The van der Waals surface area contributed by atoms with Gasteiger partial charge in [-0.2, -0.15) is 0 Å². The summed E-state index contributed by atoms with van der Waals surface area (Å²) in [4.78, 5) is 12.2. The van der Waals surface area contributed by atoms with E-state index in [1.165, 1.54) is 16.8 Å². The van der Waals surface area contributed by atoms with Gasteiger partial charge in [0.25, 0.3) is 5.91 Å². The number of aryl methyl sites for hydroxylation is 1. The molecule has 120 valence electrons. The number of primary sulfonamides is 1. The van der Waals surface area contributed by atoms with E-state index in [2.05, 4.69) is 19.2 Å². The molecule has 1 heterocycles. The van der Waals surface area contributed by atoms with Crippen LogP contribution in [0.2, 0.25) is 0 Å². The third-order valence-electron chi connectivity index (χ3n) is 3.42. The minimum Gasteiger partial charge on any atom is -0.348 e. The zero-order valence-corrected chi connectivity index (χ0v) is 13.7. The monoisotopic (exact) mass is 315 g/mol. The Morgan fingerprint density at radius 3 is 2.48 bits per heavy atom. The van der Waals surface area contributed by atoms with E-state index in [9.17, 15) is 13.2 Å². The lowest BCUT2D eigenvalue weighted by Gasteiger charge is -2.18. The van der Waals surface area contributed by atoms with Gasteiger partial charge in [0.1, 0.15) is 10.6 Å². The molecule has 1 atom stereocenters. The molecular formula is C14H25N3O3S. The van der Waals surface area contributed by atoms with E-state index in [1.54, 1.807) is 7.05 Å². The number of unbranched alkanes of at least 4 members (excludes halogenated alkanes) is 1. The van der Waals surface area contributed by atoms with Crippen LogP contribution in [0.1, 0.15) is 56.4 Å². The molecule has 1 unspecified atom stereocenters. The minimum absolute atomic E-state index is 0.0456. The average molecular weight is 315 g/mol. The highest BCUT2D eigenvalue weighted by molar-refractivity contribution is 7.89. The molecule has 0 fully saturated rings. The first-order chi connectivity index (χ1) is 9.79. The van der Waals surface area contributed by atoms with Gasteiger partial charge in [-0.05, 0) is 18.9 Å². The molecule has 1 aromatic rings. The van der Waals surface area contributed by atoms with Gasteiger partial charge in [0, 0.05) is 19.3 Å². The van der Waals surface area contributed by atoms with Crippen molar-refractivity contribution in [3.8, 4) is 0 Å². The van der Waals surface area contributed by atoms with Gasteiger partial charge in [0.2, 0.25) is 10.0 Å².